The van der Waals surface area contributed by atoms with E-state index >= 15 is 0 Å². The molecule has 0 spiro atoms. The van der Waals surface area contributed by atoms with Crippen molar-refractivity contribution in [3.8, 4) is 0 Å². The lowest BCUT2D eigenvalue weighted by Crippen LogP contribution is -2.12. The Morgan fingerprint density at radius 3 is 3.38 bits per heavy atom. The third kappa shape index (κ3) is 1.87. The van der Waals surface area contributed by atoms with Crippen molar-refractivity contribution in [1.29, 1.82) is 0 Å². The fourth-order valence-corrected chi connectivity index (χ4v) is 1.70. The van der Waals surface area contributed by atoms with Crippen molar-refractivity contribution in [2.75, 3.05) is 6.61 Å². The van der Waals surface area contributed by atoms with E-state index in [0.717, 1.165) is 11.4 Å². The van der Waals surface area contributed by atoms with Gasteiger partial charge in [0.2, 0.25) is 6.29 Å². The summed E-state index contributed by atoms with van der Waals surface area (Å²) in [6, 6.07) is 0. The van der Waals surface area contributed by atoms with Gasteiger partial charge in [-0.15, -0.1) is 11.3 Å². The highest BCUT2D eigenvalue weighted by Gasteiger charge is 2.22. The van der Waals surface area contributed by atoms with Crippen LogP contribution in [0.3, 0.4) is 0 Å². The maximum atomic E-state index is 5.27. The summed E-state index contributed by atoms with van der Waals surface area (Å²) in [4.78, 5) is 9.21. The molecule has 2 heterocycles. The first-order chi connectivity index (χ1) is 6.40. The number of rotatable bonds is 3. The van der Waals surface area contributed by atoms with Crippen LogP contribution >= 0.6 is 11.3 Å². The lowest BCUT2D eigenvalue weighted by molar-refractivity contribution is -0.120. The molecule has 0 aromatic carbocycles. The van der Waals surface area contributed by atoms with Gasteiger partial charge in [0.25, 0.3) is 0 Å². The third-order valence-electron chi connectivity index (χ3n) is 1.72. The van der Waals surface area contributed by atoms with E-state index in [4.69, 9.17) is 9.57 Å². The Hall–Kier alpha value is -0.940. The Morgan fingerprint density at radius 1 is 1.77 bits per heavy atom. The van der Waals surface area contributed by atoms with Crippen molar-refractivity contribution in [2.24, 2.45) is 5.16 Å². The van der Waals surface area contributed by atoms with Gasteiger partial charge in [-0.2, -0.15) is 0 Å². The van der Waals surface area contributed by atoms with E-state index in [-0.39, 0.29) is 6.29 Å². The first-order valence-corrected chi connectivity index (χ1v) is 5.07. The molecule has 0 aliphatic carbocycles. The van der Waals surface area contributed by atoms with E-state index in [9.17, 15) is 0 Å². The zero-order valence-corrected chi connectivity index (χ0v) is 8.08. The van der Waals surface area contributed by atoms with Crippen LogP contribution in [0, 0.1) is 0 Å². The molecule has 2 rings (SSSR count). The normalized spacial score (nSPS) is 21.3. The van der Waals surface area contributed by atoms with E-state index < -0.39 is 0 Å². The minimum Gasteiger partial charge on any atom is -0.363 e. The van der Waals surface area contributed by atoms with Crippen LogP contribution in [0.1, 0.15) is 19.0 Å². The Bertz CT molecular complexity index is 297. The summed E-state index contributed by atoms with van der Waals surface area (Å²) < 4.78 is 5.27. The van der Waals surface area contributed by atoms with Crippen LogP contribution in [0.2, 0.25) is 0 Å². The van der Waals surface area contributed by atoms with Crippen molar-refractivity contribution < 1.29 is 9.57 Å². The largest absolute Gasteiger partial charge is 0.363 e. The van der Waals surface area contributed by atoms with Gasteiger partial charge in [0.05, 0.1) is 17.6 Å². The van der Waals surface area contributed by atoms with Crippen LogP contribution in [0.5, 0.6) is 0 Å². The lowest BCUT2D eigenvalue weighted by Gasteiger charge is -2.05. The molecule has 0 N–H and O–H groups in total. The van der Waals surface area contributed by atoms with Gasteiger partial charge in [-0.1, -0.05) is 5.16 Å². The molecule has 1 aromatic heterocycles. The van der Waals surface area contributed by atoms with Gasteiger partial charge in [-0.05, 0) is 6.92 Å². The molecular weight excluding hydrogens is 188 g/mol. The standard InChI is InChI=1S/C8H10N2O2S/c1-2-11-8-3-6(10-12-8)7-4-13-5-9-7/h4-5,8H,2-3H2,1H3. The molecule has 0 saturated carbocycles. The molecule has 70 valence electrons. The summed E-state index contributed by atoms with van der Waals surface area (Å²) in [6.07, 6.45) is 0.471. The van der Waals surface area contributed by atoms with Crippen LogP contribution < -0.4 is 0 Å². The maximum Gasteiger partial charge on any atom is 0.232 e. The average molecular weight is 198 g/mol. The van der Waals surface area contributed by atoms with Crippen LogP contribution in [-0.4, -0.2) is 23.6 Å². The first-order valence-electron chi connectivity index (χ1n) is 4.13. The minimum absolute atomic E-state index is 0.221. The van der Waals surface area contributed by atoms with Gasteiger partial charge >= 0.3 is 0 Å². The van der Waals surface area contributed by atoms with Crippen LogP contribution in [-0.2, 0) is 9.57 Å². The zero-order valence-electron chi connectivity index (χ0n) is 7.27. The molecule has 5 heteroatoms. The highest BCUT2D eigenvalue weighted by Crippen LogP contribution is 2.17. The van der Waals surface area contributed by atoms with Gasteiger partial charge in [0.1, 0.15) is 5.71 Å². The van der Waals surface area contributed by atoms with Crippen LogP contribution in [0.25, 0.3) is 0 Å². The lowest BCUT2D eigenvalue weighted by atomic mass is 10.2. The van der Waals surface area contributed by atoms with Crippen LogP contribution in [0.15, 0.2) is 16.0 Å². The van der Waals surface area contributed by atoms with Gasteiger partial charge < -0.3 is 9.57 Å². The molecule has 1 aromatic rings. The number of nitrogens with zero attached hydrogens (tertiary/aromatic N) is 2. The molecule has 1 aliphatic heterocycles. The molecule has 0 amide bonds. The Balaban J connectivity index is 1.98. The summed E-state index contributed by atoms with van der Waals surface area (Å²) in [7, 11) is 0. The average Bonchev–Trinajstić information content (AvgIpc) is 2.70. The second kappa shape index (κ2) is 3.85. The van der Waals surface area contributed by atoms with Crippen molar-refractivity contribution in [3.05, 3.63) is 16.6 Å². The van der Waals surface area contributed by atoms with E-state index in [2.05, 4.69) is 10.1 Å². The fraction of sp³-hybridized carbons (Fsp3) is 0.500. The molecule has 1 aliphatic rings. The minimum atomic E-state index is -0.221. The molecule has 13 heavy (non-hydrogen) atoms. The number of aromatic nitrogens is 1. The van der Waals surface area contributed by atoms with Gasteiger partial charge in [0.15, 0.2) is 0 Å². The number of thiazole rings is 1. The van der Waals surface area contributed by atoms with E-state index in [1.165, 1.54) is 0 Å². The molecule has 0 radical (unpaired) electrons. The van der Waals surface area contributed by atoms with Crippen molar-refractivity contribution in [1.82, 2.24) is 4.98 Å². The molecule has 0 saturated heterocycles. The number of hydrogen-bond acceptors (Lipinski definition) is 5. The SMILES string of the molecule is CCOC1CC(c2cscn2)=NO1. The summed E-state index contributed by atoms with van der Waals surface area (Å²) in [5, 5.41) is 5.87. The van der Waals surface area contributed by atoms with Crippen molar-refractivity contribution in [3.63, 3.8) is 0 Å². The van der Waals surface area contributed by atoms with Crippen molar-refractivity contribution >= 4 is 17.0 Å². The smallest absolute Gasteiger partial charge is 0.232 e. The van der Waals surface area contributed by atoms with Crippen LogP contribution in [0.4, 0.5) is 0 Å². The number of oxime groups is 1. The van der Waals surface area contributed by atoms with Gasteiger partial charge in [0, 0.05) is 12.0 Å². The second-order valence-corrected chi connectivity index (χ2v) is 3.32. The van der Waals surface area contributed by atoms with E-state index in [0.29, 0.717) is 13.0 Å². The number of hydrogen-bond donors (Lipinski definition) is 0. The first kappa shape index (κ1) is 8.65. The van der Waals surface area contributed by atoms with Gasteiger partial charge in [-0.25, -0.2) is 4.98 Å². The molecule has 1 unspecified atom stereocenters. The van der Waals surface area contributed by atoms with E-state index in [1.807, 2.05) is 12.3 Å². The zero-order chi connectivity index (χ0) is 9.10. The quantitative estimate of drug-likeness (QED) is 0.741. The predicted molar refractivity (Wildman–Crippen MR) is 49.8 cm³/mol. The molecule has 1 atom stereocenters. The Labute approximate surface area is 80.2 Å². The second-order valence-electron chi connectivity index (χ2n) is 2.61. The van der Waals surface area contributed by atoms with Gasteiger partial charge in [-0.3, -0.25) is 0 Å². The molecular formula is C8H10N2O2S. The monoisotopic (exact) mass is 198 g/mol. The molecule has 0 fully saturated rings. The fourth-order valence-electron chi connectivity index (χ4n) is 1.14. The summed E-state index contributed by atoms with van der Waals surface area (Å²) in [5.41, 5.74) is 3.55. The van der Waals surface area contributed by atoms with E-state index in [1.54, 1.807) is 16.8 Å². The topological polar surface area (TPSA) is 43.7 Å². The summed E-state index contributed by atoms with van der Waals surface area (Å²) in [5.74, 6) is 0. The Kier molecular flexibility index (Phi) is 2.56. The predicted octanol–water partition coefficient (Wildman–Crippen LogP) is 1.63. The molecule has 0 bridgehead atoms. The number of ether oxygens (including phenoxy) is 1. The van der Waals surface area contributed by atoms with Crippen molar-refractivity contribution in [2.45, 2.75) is 19.6 Å². The maximum absolute atomic E-state index is 5.27. The highest BCUT2D eigenvalue weighted by atomic mass is 32.1. The Morgan fingerprint density at radius 2 is 2.69 bits per heavy atom. The molecule has 4 nitrogen and oxygen atoms in total. The summed E-state index contributed by atoms with van der Waals surface area (Å²) in [6.45, 7) is 2.58. The summed E-state index contributed by atoms with van der Waals surface area (Å²) >= 11 is 1.55. The highest BCUT2D eigenvalue weighted by molar-refractivity contribution is 7.07. The third-order valence-corrected chi connectivity index (χ3v) is 2.31.